The van der Waals surface area contributed by atoms with E-state index in [0.29, 0.717) is 12.5 Å². The minimum Gasteiger partial charge on any atom is -0.385 e. The van der Waals surface area contributed by atoms with Crippen LogP contribution in [-0.4, -0.2) is 19.0 Å². The van der Waals surface area contributed by atoms with Gasteiger partial charge in [0.25, 0.3) is 0 Å². The van der Waals surface area contributed by atoms with Gasteiger partial charge in [0, 0.05) is 24.5 Å². The van der Waals surface area contributed by atoms with Gasteiger partial charge < -0.3 is 16.4 Å². The first-order valence-electron chi connectivity index (χ1n) is 8.29. The maximum Gasteiger partial charge on any atom is 0.193 e. The van der Waals surface area contributed by atoms with E-state index in [-0.39, 0.29) is 0 Å². The number of anilines is 2. The fourth-order valence-electron chi connectivity index (χ4n) is 2.90. The number of rotatable bonds is 6. The molecule has 0 radical (unpaired) electrons. The Morgan fingerprint density at radius 1 is 1.00 bits per heavy atom. The zero-order valence-electron chi connectivity index (χ0n) is 13.4. The van der Waals surface area contributed by atoms with Crippen LogP contribution in [0.5, 0.6) is 0 Å². The summed E-state index contributed by atoms with van der Waals surface area (Å²) >= 11 is 0. The summed E-state index contributed by atoms with van der Waals surface area (Å²) in [5.41, 5.74) is 11.0. The van der Waals surface area contributed by atoms with Crippen LogP contribution in [0.1, 0.15) is 24.0 Å². The molecule has 4 heteroatoms. The van der Waals surface area contributed by atoms with E-state index in [0.717, 1.165) is 24.3 Å². The van der Waals surface area contributed by atoms with Gasteiger partial charge in [0.1, 0.15) is 0 Å². The summed E-state index contributed by atoms with van der Waals surface area (Å²) in [5, 5.41) is 6.55. The third-order valence-electron chi connectivity index (χ3n) is 4.09. The van der Waals surface area contributed by atoms with Crippen molar-refractivity contribution in [2.45, 2.75) is 25.7 Å². The van der Waals surface area contributed by atoms with Gasteiger partial charge in [-0.05, 0) is 61.1 Å². The standard InChI is InChI=1S/C19H24N4/c20-19(22-13-5-12-21-17-8-2-1-3-9-17)23-18-11-10-15-6-4-7-16(15)14-18/h1-3,8-11,14,21H,4-7,12-13H2,(H3,20,22,23). The van der Waals surface area contributed by atoms with E-state index in [4.69, 9.17) is 5.73 Å². The molecule has 0 aliphatic heterocycles. The number of para-hydroxylation sites is 1. The highest BCUT2D eigenvalue weighted by Crippen LogP contribution is 2.24. The lowest BCUT2D eigenvalue weighted by Crippen LogP contribution is -2.23. The minimum absolute atomic E-state index is 0.489. The Morgan fingerprint density at radius 3 is 2.70 bits per heavy atom. The highest BCUT2D eigenvalue weighted by atomic mass is 15.1. The van der Waals surface area contributed by atoms with Gasteiger partial charge >= 0.3 is 0 Å². The molecule has 0 heterocycles. The first kappa shape index (κ1) is 15.4. The van der Waals surface area contributed by atoms with Gasteiger partial charge in [0.05, 0.1) is 0 Å². The number of benzene rings is 2. The topological polar surface area (TPSA) is 62.4 Å². The summed E-state index contributed by atoms with van der Waals surface area (Å²) in [7, 11) is 0. The molecule has 0 amide bonds. The number of nitrogens with one attached hydrogen (secondary N) is 2. The van der Waals surface area contributed by atoms with Gasteiger partial charge in [-0.2, -0.15) is 0 Å². The van der Waals surface area contributed by atoms with Crippen molar-refractivity contribution in [2.24, 2.45) is 10.7 Å². The van der Waals surface area contributed by atoms with Gasteiger partial charge in [-0.15, -0.1) is 0 Å². The van der Waals surface area contributed by atoms with E-state index in [1.807, 2.05) is 18.2 Å². The first-order chi connectivity index (χ1) is 11.3. The molecule has 0 unspecified atom stereocenters. The monoisotopic (exact) mass is 308 g/mol. The number of nitrogens with two attached hydrogens (primary N) is 1. The Morgan fingerprint density at radius 2 is 1.83 bits per heavy atom. The van der Waals surface area contributed by atoms with E-state index in [2.05, 4.69) is 46.0 Å². The molecular formula is C19H24N4. The number of guanidine groups is 1. The molecule has 0 fully saturated rings. The van der Waals surface area contributed by atoms with Crippen molar-refractivity contribution in [3.05, 3.63) is 59.7 Å². The fourth-order valence-corrected chi connectivity index (χ4v) is 2.90. The quantitative estimate of drug-likeness (QED) is 0.435. The predicted molar refractivity (Wildman–Crippen MR) is 98.1 cm³/mol. The van der Waals surface area contributed by atoms with Crippen LogP contribution in [0.25, 0.3) is 0 Å². The zero-order chi connectivity index (χ0) is 15.9. The highest BCUT2D eigenvalue weighted by Gasteiger charge is 2.10. The molecule has 4 nitrogen and oxygen atoms in total. The Kier molecular flexibility index (Phi) is 5.14. The summed E-state index contributed by atoms with van der Waals surface area (Å²) < 4.78 is 0. The van der Waals surface area contributed by atoms with Crippen LogP contribution in [0.2, 0.25) is 0 Å². The number of hydrogen-bond acceptors (Lipinski definition) is 2. The second kappa shape index (κ2) is 7.68. The average Bonchev–Trinajstić information content (AvgIpc) is 3.03. The Labute approximate surface area is 137 Å². The van der Waals surface area contributed by atoms with E-state index >= 15 is 0 Å². The molecule has 4 N–H and O–H groups in total. The molecule has 0 bridgehead atoms. The number of aryl methyl sites for hydroxylation is 2. The van der Waals surface area contributed by atoms with Gasteiger partial charge in [0.15, 0.2) is 5.96 Å². The molecule has 1 aliphatic rings. The van der Waals surface area contributed by atoms with Crippen molar-refractivity contribution >= 4 is 17.3 Å². The van der Waals surface area contributed by atoms with E-state index in [1.54, 1.807) is 0 Å². The van der Waals surface area contributed by atoms with Crippen molar-refractivity contribution in [3.63, 3.8) is 0 Å². The summed E-state index contributed by atoms with van der Waals surface area (Å²) in [6.45, 7) is 1.60. The van der Waals surface area contributed by atoms with Crippen molar-refractivity contribution in [1.82, 2.24) is 0 Å². The molecule has 0 spiro atoms. The molecule has 23 heavy (non-hydrogen) atoms. The van der Waals surface area contributed by atoms with Crippen LogP contribution in [0.4, 0.5) is 11.4 Å². The summed E-state index contributed by atoms with van der Waals surface area (Å²) in [6.07, 6.45) is 4.58. The lowest BCUT2D eigenvalue weighted by Gasteiger charge is -2.08. The van der Waals surface area contributed by atoms with Gasteiger partial charge in [-0.3, -0.25) is 4.99 Å². The lowest BCUT2D eigenvalue weighted by atomic mass is 10.1. The van der Waals surface area contributed by atoms with Gasteiger partial charge in [-0.1, -0.05) is 24.3 Å². The smallest absolute Gasteiger partial charge is 0.193 e. The second-order valence-corrected chi connectivity index (χ2v) is 5.88. The number of hydrogen-bond donors (Lipinski definition) is 3. The molecule has 120 valence electrons. The van der Waals surface area contributed by atoms with Crippen LogP contribution in [0.3, 0.4) is 0 Å². The second-order valence-electron chi connectivity index (χ2n) is 5.88. The van der Waals surface area contributed by atoms with Crippen molar-refractivity contribution in [3.8, 4) is 0 Å². The largest absolute Gasteiger partial charge is 0.385 e. The maximum atomic E-state index is 5.96. The first-order valence-corrected chi connectivity index (χ1v) is 8.29. The summed E-state index contributed by atoms with van der Waals surface area (Å²) in [6, 6.07) is 16.7. The van der Waals surface area contributed by atoms with E-state index in [1.165, 1.54) is 30.4 Å². The molecule has 0 aromatic heterocycles. The Balaban J connectivity index is 1.41. The Hall–Kier alpha value is -2.49. The molecule has 1 aliphatic carbocycles. The van der Waals surface area contributed by atoms with Crippen molar-refractivity contribution < 1.29 is 0 Å². The lowest BCUT2D eigenvalue weighted by molar-refractivity contribution is 0.873. The molecule has 0 atom stereocenters. The van der Waals surface area contributed by atoms with Gasteiger partial charge in [-0.25, -0.2) is 0 Å². The number of nitrogens with zero attached hydrogens (tertiary/aromatic N) is 1. The third kappa shape index (κ3) is 4.49. The normalized spacial score (nSPS) is 13.7. The third-order valence-corrected chi connectivity index (χ3v) is 4.09. The highest BCUT2D eigenvalue weighted by molar-refractivity contribution is 5.92. The molecule has 3 rings (SSSR count). The van der Waals surface area contributed by atoms with Crippen LogP contribution in [0.15, 0.2) is 53.5 Å². The summed E-state index contributed by atoms with van der Waals surface area (Å²) in [4.78, 5) is 4.39. The zero-order valence-corrected chi connectivity index (χ0v) is 13.4. The molecular weight excluding hydrogens is 284 g/mol. The van der Waals surface area contributed by atoms with Gasteiger partial charge in [0.2, 0.25) is 0 Å². The van der Waals surface area contributed by atoms with Crippen molar-refractivity contribution in [1.29, 1.82) is 0 Å². The number of fused-ring (bicyclic) bond motifs is 1. The molecule has 2 aromatic carbocycles. The molecule has 0 saturated heterocycles. The average molecular weight is 308 g/mol. The van der Waals surface area contributed by atoms with Crippen LogP contribution < -0.4 is 16.4 Å². The Bertz CT molecular complexity index is 664. The molecule has 0 saturated carbocycles. The number of aliphatic imine (C=N–C) groups is 1. The fraction of sp³-hybridized carbons (Fsp3) is 0.316. The summed E-state index contributed by atoms with van der Waals surface area (Å²) in [5.74, 6) is 0.489. The van der Waals surface area contributed by atoms with E-state index in [9.17, 15) is 0 Å². The van der Waals surface area contributed by atoms with Crippen molar-refractivity contribution in [2.75, 3.05) is 23.7 Å². The molecule has 2 aromatic rings. The maximum absolute atomic E-state index is 5.96. The van der Waals surface area contributed by atoms with Crippen LogP contribution in [-0.2, 0) is 12.8 Å². The van der Waals surface area contributed by atoms with Crippen LogP contribution >= 0.6 is 0 Å². The SMILES string of the molecule is NC(=NCCCNc1ccccc1)Nc1ccc2c(c1)CCC2. The van der Waals surface area contributed by atoms with E-state index < -0.39 is 0 Å². The van der Waals surface area contributed by atoms with Crippen LogP contribution in [0, 0.1) is 0 Å². The predicted octanol–water partition coefficient (Wildman–Crippen LogP) is 3.40. The minimum atomic E-state index is 0.489.